The smallest absolute Gasteiger partial charge is 0.306 e. The number of hydrogen-bond donors (Lipinski definition) is 0. The maximum Gasteiger partial charge on any atom is 0.306 e. The minimum absolute atomic E-state index is 0.222. The van der Waals surface area contributed by atoms with E-state index >= 15 is 0 Å². The Balaban J connectivity index is 6.19. The molecule has 0 fully saturated rings. The molecule has 0 N–H and O–H groups in total. The third kappa shape index (κ3) is 35.5. The van der Waals surface area contributed by atoms with E-state index in [2.05, 4.69) is 32.6 Å². The highest BCUT2D eigenvalue weighted by Gasteiger charge is 2.38. The predicted molar refractivity (Wildman–Crippen MR) is 231 cm³/mol. The SMILES string of the molecule is CCCCCCCCC(=O)OCC(OC(=O)CCCCCCCC)C(OCCCCN(C)C)C(COC(=O)CCCCCCCC)OC(=O)CCCCCCCC. The highest BCUT2D eigenvalue weighted by Crippen LogP contribution is 2.20. The number of carbonyl (C=O) groups is 4. The molecule has 0 aromatic rings. The van der Waals surface area contributed by atoms with Gasteiger partial charge in [0, 0.05) is 32.3 Å². The minimum Gasteiger partial charge on any atom is -0.462 e. The summed E-state index contributed by atoms with van der Waals surface area (Å²) < 4.78 is 30.2. The largest absolute Gasteiger partial charge is 0.462 e. The van der Waals surface area contributed by atoms with Crippen LogP contribution in [-0.2, 0) is 42.9 Å². The van der Waals surface area contributed by atoms with E-state index in [9.17, 15) is 19.2 Å². The van der Waals surface area contributed by atoms with Gasteiger partial charge in [0.25, 0.3) is 0 Å². The van der Waals surface area contributed by atoms with E-state index in [1.165, 1.54) is 25.7 Å². The Morgan fingerprint density at radius 2 is 0.719 bits per heavy atom. The standard InChI is InChI=1S/C47H89NO9/c1-7-11-15-19-23-27-33-43(49)54-39-41(56-45(51)35-29-25-21-17-13-9-3)47(53-38-32-31-37-48(5)6)42(57-46(52)36-30-26-22-18-14-10-4)40-55-44(50)34-28-24-20-16-12-8-2/h41-42,47H,7-40H2,1-6H3. The molecule has 0 aliphatic rings. The van der Waals surface area contributed by atoms with Crippen LogP contribution in [0, 0.1) is 0 Å². The Bertz CT molecular complexity index is 893. The van der Waals surface area contributed by atoms with Gasteiger partial charge >= 0.3 is 23.9 Å². The molecule has 10 nitrogen and oxygen atoms in total. The molecule has 2 unspecified atom stereocenters. The van der Waals surface area contributed by atoms with Gasteiger partial charge in [-0.2, -0.15) is 0 Å². The van der Waals surface area contributed by atoms with Crippen molar-refractivity contribution in [2.45, 2.75) is 239 Å². The zero-order valence-electron chi connectivity index (χ0n) is 37.9. The number of carbonyl (C=O) groups excluding carboxylic acids is 4. The zero-order valence-corrected chi connectivity index (χ0v) is 37.9. The first kappa shape index (κ1) is 54.8. The van der Waals surface area contributed by atoms with Crippen molar-refractivity contribution in [1.29, 1.82) is 0 Å². The average Bonchev–Trinajstić information content (AvgIpc) is 3.18. The van der Waals surface area contributed by atoms with E-state index in [0.29, 0.717) is 25.9 Å². The first-order chi connectivity index (χ1) is 27.7. The van der Waals surface area contributed by atoms with Gasteiger partial charge in [0.1, 0.15) is 19.3 Å². The van der Waals surface area contributed by atoms with Crippen LogP contribution in [0.2, 0.25) is 0 Å². The summed E-state index contributed by atoms with van der Waals surface area (Å²) in [6.07, 6.45) is 24.2. The summed E-state index contributed by atoms with van der Waals surface area (Å²) in [6, 6.07) is 0. The second-order valence-corrected chi connectivity index (χ2v) is 16.3. The van der Waals surface area contributed by atoms with E-state index in [0.717, 1.165) is 129 Å². The van der Waals surface area contributed by atoms with Gasteiger partial charge in [0.2, 0.25) is 0 Å². The Hall–Kier alpha value is -2.20. The van der Waals surface area contributed by atoms with Gasteiger partial charge < -0.3 is 28.6 Å². The molecule has 0 spiro atoms. The molecule has 0 aromatic heterocycles. The lowest BCUT2D eigenvalue weighted by molar-refractivity contribution is -0.193. The fourth-order valence-corrected chi connectivity index (χ4v) is 6.74. The number of rotatable bonds is 42. The highest BCUT2D eigenvalue weighted by molar-refractivity contribution is 5.71. The normalized spacial score (nSPS) is 13.0. The third-order valence-corrected chi connectivity index (χ3v) is 10.4. The van der Waals surface area contributed by atoms with Crippen molar-refractivity contribution in [3.8, 4) is 0 Å². The molecular weight excluding hydrogens is 723 g/mol. The number of unbranched alkanes of at least 4 members (excludes halogenated alkanes) is 21. The fourth-order valence-electron chi connectivity index (χ4n) is 6.74. The van der Waals surface area contributed by atoms with E-state index in [-0.39, 0.29) is 50.8 Å². The summed E-state index contributed by atoms with van der Waals surface area (Å²) in [5.74, 6) is -1.56. The molecule has 10 heteroatoms. The molecule has 0 bridgehead atoms. The van der Waals surface area contributed by atoms with Crippen molar-refractivity contribution >= 4 is 23.9 Å². The molecular formula is C47H89NO9. The third-order valence-electron chi connectivity index (χ3n) is 10.4. The Labute approximate surface area is 350 Å². The van der Waals surface area contributed by atoms with Crippen LogP contribution >= 0.6 is 0 Å². The van der Waals surface area contributed by atoms with Gasteiger partial charge in [-0.3, -0.25) is 19.2 Å². The maximum absolute atomic E-state index is 13.4. The van der Waals surface area contributed by atoms with Crippen molar-refractivity contribution in [3.05, 3.63) is 0 Å². The summed E-state index contributed by atoms with van der Waals surface area (Å²) in [7, 11) is 4.03. The van der Waals surface area contributed by atoms with E-state index in [1.807, 2.05) is 14.1 Å². The van der Waals surface area contributed by atoms with Crippen LogP contribution in [0.1, 0.15) is 220 Å². The van der Waals surface area contributed by atoms with Crippen LogP contribution in [0.3, 0.4) is 0 Å². The van der Waals surface area contributed by atoms with Crippen LogP contribution < -0.4 is 0 Å². The van der Waals surface area contributed by atoms with Crippen LogP contribution in [0.15, 0.2) is 0 Å². The average molecular weight is 812 g/mol. The molecule has 0 amide bonds. The number of nitrogens with zero attached hydrogens (tertiary/aromatic N) is 1. The lowest BCUT2D eigenvalue weighted by Crippen LogP contribution is -2.49. The number of esters is 4. The maximum atomic E-state index is 13.4. The minimum atomic E-state index is -1.05. The molecule has 2 atom stereocenters. The van der Waals surface area contributed by atoms with Crippen LogP contribution in [0.25, 0.3) is 0 Å². The Morgan fingerprint density at radius 1 is 0.404 bits per heavy atom. The van der Waals surface area contributed by atoms with Gasteiger partial charge in [-0.05, 0) is 59.2 Å². The van der Waals surface area contributed by atoms with Crippen molar-refractivity contribution in [2.75, 3.05) is 40.5 Å². The van der Waals surface area contributed by atoms with Crippen molar-refractivity contribution in [1.82, 2.24) is 4.90 Å². The summed E-state index contributed by atoms with van der Waals surface area (Å²) in [4.78, 5) is 54.9. The summed E-state index contributed by atoms with van der Waals surface area (Å²) in [6.45, 7) is 9.39. The van der Waals surface area contributed by atoms with Gasteiger partial charge in [0.15, 0.2) is 12.2 Å². The quantitative estimate of drug-likeness (QED) is 0.0335. The van der Waals surface area contributed by atoms with Gasteiger partial charge in [-0.15, -0.1) is 0 Å². The summed E-state index contributed by atoms with van der Waals surface area (Å²) in [5.41, 5.74) is 0. The predicted octanol–water partition coefficient (Wildman–Crippen LogP) is 11.6. The van der Waals surface area contributed by atoms with Crippen molar-refractivity contribution < 1.29 is 42.9 Å². The number of ether oxygens (including phenoxy) is 5. The molecule has 336 valence electrons. The molecule has 57 heavy (non-hydrogen) atoms. The van der Waals surface area contributed by atoms with Crippen LogP contribution in [-0.4, -0.2) is 87.5 Å². The van der Waals surface area contributed by atoms with E-state index < -0.39 is 30.3 Å². The summed E-state index contributed by atoms with van der Waals surface area (Å²) in [5, 5.41) is 0. The Morgan fingerprint density at radius 3 is 1.05 bits per heavy atom. The van der Waals surface area contributed by atoms with Crippen molar-refractivity contribution in [2.24, 2.45) is 0 Å². The first-order valence-electron chi connectivity index (χ1n) is 23.6. The second-order valence-electron chi connectivity index (χ2n) is 16.3. The molecule has 0 saturated carbocycles. The summed E-state index contributed by atoms with van der Waals surface area (Å²) >= 11 is 0. The Kier molecular flexibility index (Phi) is 39.0. The molecule has 0 heterocycles. The monoisotopic (exact) mass is 812 g/mol. The number of hydrogen-bond acceptors (Lipinski definition) is 10. The second kappa shape index (κ2) is 40.6. The van der Waals surface area contributed by atoms with Crippen LogP contribution in [0.5, 0.6) is 0 Å². The van der Waals surface area contributed by atoms with Crippen molar-refractivity contribution in [3.63, 3.8) is 0 Å². The highest BCUT2D eigenvalue weighted by atomic mass is 16.6. The van der Waals surface area contributed by atoms with Crippen LogP contribution in [0.4, 0.5) is 0 Å². The molecule has 0 rings (SSSR count). The molecule has 0 aromatic carbocycles. The lowest BCUT2D eigenvalue weighted by Gasteiger charge is -2.32. The van der Waals surface area contributed by atoms with E-state index in [4.69, 9.17) is 23.7 Å². The zero-order chi connectivity index (χ0) is 42.2. The fraction of sp³-hybridized carbons (Fsp3) is 0.915. The van der Waals surface area contributed by atoms with Gasteiger partial charge in [-0.1, -0.05) is 156 Å². The molecule has 0 aliphatic heterocycles. The van der Waals surface area contributed by atoms with E-state index in [1.54, 1.807) is 0 Å². The molecule has 0 aliphatic carbocycles. The molecule has 0 radical (unpaired) electrons. The topological polar surface area (TPSA) is 118 Å². The molecule has 0 saturated heterocycles. The van der Waals surface area contributed by atoms with Gasteiger partial charge in [-0.25, -0.2) is 0 Å². The van der Waals surface area contributed by atoms with Gasteiger partial charge in [0.05, 0.1) is 0 Å². The lowest BCUT2D eigenvalue weighted by atomic mass is 10.1. The first-order valence-corrected chi connectivity index (χ1v) is 23.6.